The highest BCUT2D eigenvalue weighted by molar-refractivity contribution is 7.95. The van der Waals surface area contributed by atoms with Gasteiger partial charge in [-0.2, -0.15) is 13.2 Å². The number of piperazine rings is 1. The highest BCUT2D eigenvalue weighted by atomic mass is 32.2. The van der Waals surface area contributed by atoms with Crippen LogP contribution >= 0.6 is 0 Å². The van der Waals surface area contributed by atoms with Crippen molar-refractivity contribution in [2.75, 3.05) is 35.2 Å². The van der Waals surface area contributed by atoms with E-state index in [0.717, 1.165) is 9.96 Å². The molecule has 6 heterocycles. The van der Waals surface area contributed by atoms with E-state index in [0.29, 0.717) is 43.4 Å². The summed E-state index contributed by atoms with van der Waals surface area (Å²) >= 11 is 0. The Morgan fingerprint density at radius 2 is 1.73 bits per heavy atom. The third kappa shape index (κ3) is 4.06. The van der Waals surface area contributed by atoms with Gasteiger partial charge in [0, 0.05) is 48.9 Å². The van der Waals surface area contributed by atoms with Gasteiger partial charge < -0.3 is 14.7 Å². The number of carbonyl (C=O) groups excluding carboxylic acids is 1. The Balaban J connectivity index is 1.34. The van der Waals surface area contributed by atoms with E-state index < -0.39 is 32.0 Å². The third-order valence-electron chi connectivity index (χ3n) is 8.75. The van der Waals surface area contributed by atoms with Crippen LogP contribution in [0.15, 0.2) is 24.7 Å². The van der Waals surface area contributed by atoms with Crippen molar-refractivity contribution < 1.29 is 26.4 Å². The fourth-order valence-corrected chi connectivity index (χ4v) is 7.75. The van der Waals surface area contributed by atoms with Crippen molar-refractivity contribution in [1.82, 2.24) is 29.5 Å². The van der Waals surface area contributed by atoms with E-state index in [1.54, 1.807) is 11.0 Å². The van der Waals surface area contributed by atoms with Gasteiger partial charge in [-0.15, -0.1) is 10.2 Å². The summed E-state index contributed by atoms with van der Waals surface area (Å²) in [6, 6.07) is 2.75. The number of carbonyl (C=O) groups is 1. The number of hydrogen-bond donors (Lipinski definition) is 0. The zero-order chi connectivity index (χ0) is 29.7. The molecule has 0 unspecified atom stereocenters. The molecule has 41 heavy (non-hydrogen) atoms. The highest BCUT2D eigenvalue weighted by Crippen LogP contribution is 2.47. The smallest absolute Gasteiger partial charge is 0.350 e. The van der Waals surface area contributed by atoms with Crippen LogP contribution < -0.4 is 9.80 Å². The quantitative estimate of drug-likeness (QED) is 0.453. The summed E-state index contributed by atoms with van der Waals surface area (Å²) in [5, 5.41) is 6.97. The Labute approximate surface area is 235 Å². The summed E-state index contributed by atoms with van der Waals surface area (Å²) in [5.74, 6) is -0.148. The van der Waals surface area contributed by atoms with Crippen LogP contribution in [0.1, 0.15) is 52.4 Å². The molecule has 3 aliphatic heterocycles. The largest absolute Gasteiger partial charge is 0.452 e. The molecule has 3 atom stereocenters. The summed E-state index contributed by atoms with van der Waals surface area (Å²) in [4.78, 5) is 28.2. The molecule has 0 aromatic carbocycles. The fraction of sp³-hybridized carbons (Fsp3) is 0.577. The van der Waals surface area contributed by atoms with Crippen molar-refractivity contribution in [2.24, 2.45) is 0 Å². The molecule has 2 saturated heterocycles. The zero-order valence-corrected chi connectivity index (χ0v) is 24.2. The van der Waals surface area contributed by atoms with E-state index in [2.05, 4.69) is 25.1 Å². The molecule has 1 amide bonds. The second kappa shape index (κ2) is 8.76. The van der Waals surface area contributed by atoms with Crippen LogP contribution in [0.2, 0.25) is 0 Å². The molecule has 0 bridgehead atoms. The molecule has 15 heteroatoms. The van der Waals surface area contributed by atoms with Gasteiger partial charge in [0.05, 0.1) is 11.4 Å². The predicted octanol–water partition coefficient (Wildman–Crippen LogP) is 2.97. The maximum Gasteiger partial charge on any atom is 0.452 e. The van der Waals surface area contributed by atoms with Crippen LogP contribution in [-0.2, 0) is 26.2 Å². The zero-order valence-electron chi connectivity index (χ0n) is 23.3. The fourth-order valence-electron chi connectivity index (χ4n) is 6.21. The number of sulfone groups is 1. The van der Waals surface area contributed by atoms with E-state index >= 15 is 0 Å². The molecule has 0 saturated carbocycles. The molecule has 3 aromatic rings. The molecule has 0 N–H and O–H groups in total. The molecule has 0 radical (unpaired) electrons. The number of hydrogen-bond acceptors (Lipinski definition) is 9. The maximum atomic E-state index is 13.5. The van der Waals surface area contributed by atoms with Gasteiger partial charge >= 0.3 is 6.18 Å². The molecule has 3 aromatic heterocycles. The lowest BCUT2D eigenvalue weighted by Crippen LogP contribution is -2.66. The van der Waals surface area contributed by atoms with Crippen LogP contribution in [0.25, 0.3) is 5.65 Å². The van der Waals surface area contributed by atoms with Gasteiger partial charge in [0.1, 0.15) is 22.7 Å². The highest BCUT2D eigenvalue weighted by Gasteiger charge is 2.57. The van der Waals surface area contributed by atoms with Gasteiger partial charge in [-0.3, -0.25) is 9.20 Å². The van der Waals surface area contributed by atoms with Crippen LogP contribution in [0.5, 0.6) is 0 Å². The molecule has 0 spiro atoms. The molecular formula is C26H31F3N8O3S. The van der Waals surface area contributed by atoms with E-state index in [-0.39, 0.29) is 29.4 Å². The average Bonchev–Trinajstić information content (AvgIpc) is 3.46. The predicted molar refractivity (Wildman–Crippen MR) is 145 cm³/mol. The Kier molecular flexibility index (Phi) is 5.91. The summed E-state index contributed by atoms with van der Waals surface area (Å²) in [6.45, 7) is 10.7. The molecular weight excluding hydrogens is 561 g/mol. The van der Waals surface area contributed by atoms with Crippen molar-refractivity contribution in [3.63, 3.8) is 0 Å². The van der Waals surface area contributed by atoms with Gasteiger partial charge in [-0.05, 0) is 39.3 Å². The number of pyridine rings is 1. The van der Waals surface area contributed by atoms with Crippen molar-refractivity contribution in [2.45, 2.75) is 69.5 Å². The van der Waals surface area contributed by atoms with Gasteiger partial charge in [-0.1, -0.05) is 13.8 Å². The van der Waals surface area contributed by atoms with Crippen LogP contribution in [-0.4, -0.2) is 86.0 Å². The Morgan fingerprint density at radius 3 is 2.37 bits per heavy atom. The van der Waals surface area contributed by atoms with E-state index in [1.807, 2.05) is 32.6 Å². The number of rotatable bonds is 3. The minimum Gasteiger partial charge on any atom is -0.350 e. The second-order valence-electron chi connectivity index (χ2n) is 12.1. The van der Waals surface area contributed by atoms with E-state index in [4.69, 9.17) is 0 Å². The third-order valence-corrected chi connectivity index (χ3v) is 11.2. The van der Waals surface area contributed by atoms with Gasteiger partial charge in [0.2, 0.25) is 11.7 Å². The number of amides is 1. The SMILES string of the molecule is C[C@@H]1CN(c2ncnc3c2C(C)(C)CN3c2ccc3nnc(C(F)(F)F)n3c2)[C@@H](C)CN1C(=O)[C@@]1(C)CCS1(=O)=O. The molecule has 0 aliphatic carbocycles. The molecule has 220 valence electrons. The number of aromatic nitrogens is 5. The van der Waals surface area contributed by atoms with Gasteiger partial charge in [0.15, 0.2) is 15.5 Å². The summed E-state index contributed by atoms with van der Waals surface area (Å²) in [7, 11) is -3.46. The van der Waals surface area contributed by atoms with Gasteiger partial charge in [-0.25, -0.2) is 18.4 Å². The second-order valence-corrected chi connectivity index (χ2v) is 14.6. The standard InChI is InChI=1S/C26H31F3N8O3S/c1-15-11-35(23(38)25(5)8-9-41(25,39)40)16(2)10-34(15)20-19-21(31-14-30-20)37(13-24(19,3)4)17-6-7-18-32-33-22(26(27,28)29)36(18)12-17/h6-7,12,14-16H,8-11,13H2,1-5H3/t15-,16+,25+/m0/s1. The number of alkyl halides is 3. The van der Waals surface area contributed by atoms with Crippen molar-refractivity contribution in [3.8, 4) is 0 Å². The monoisotopic (exact) mass is 592 g/mol. The summed E-state index contributed by atoms with van der Waals surface area (Å²) in [5.41, 5.74) is 0.977. The van der Waals surface area contributed by atoms with Crippen LogP contribution in [0.3, 0.4) is 0 Å². The van der Waals surface area contributed by atoms with Gasteiger partial charge in [0.25, 0.3) is 0 Å². The first-order chi connectivity index (χ1) is 19.0. The molecule has 3 aliphatic rings. The number of halogens is 3. The first-order valence-electron chi connectivity index (χ1n) is 13.4. The Bertz CT molecular complexity index is 1670. The Hall–Kier alpha value is -3.49. The number of nitrogens with zero attached hydrogens (tertiary/aromatic N) is 8. The topological polar surface area (TPSA) is 117 Å². The number of fused-ring (bicyclic) bond motifs is 2. The minimum atomic E-state index is -4.66. The lowest BCUT2D eigenvalue weighted by molar-refractivity contribution is -0.145. The average molecular weight is 593 g/mol. The molecule has 2 fully saturated rings. The Morgan fingerprint density at radius 1 is 1.02 bits per heavy atom. The first kappa shape index (κ1) is 27.7. The lowest BCUT2D eigenvalue weighted by Gasteiger charge is -2.49. The minimum absolute atomic E-state index is 0.0274. The van der Waals surface area contributed by atoms with Crippen LogP contribution in [0.4, 0.5) is 30.5 Å². The maximum absolute atomic E-state index is 13.5. The first-order valence-corrected chi connectivity index (χ1v) is 15.1. The normalized spacial score (nSPS) is 27.2. The molecule has 6 rings (SSSR count). The summed E-state index contributed by atoms with van der Waals surface area (Å²) < 4.78 is 65.0. The van der Waals surface area contributed by atoms with E-state index in [1.165, 1.54) is 25.5 Å². The lowest BCUT2D eigenvalue weighted by atomic mass is 9.87. The number of anilines is 3. The van der Waals surface area contributed by atoms with Crippen molar-refractivity contribution in [1.29, 1.82) is 0 Å². The van der Waals surface area contributed by atoms with Crippen molar-refractivity contribution >= 4 is 38.7 Å². The van der Waals surface area contributed by atoms with Crippen molar-refractivity contribution in [3.05, 3.63) is 36.0 Å². The van der Waals surface area contributed by atoms with Crippen LogP contribution in [0, 0.1) is 0 Å². The molecule has 11 nitrogen and oxygen atoms in total. The summed E-state index contributed by atoms with van der Waals surface area (Å²) in [6.07, 6.45) is -1.52. The van der Waals surface area contributed by atoms with E-state index in [9.17, 15) is 26.4 Å².